The lowest BCUT2D eigenvalue weighted by Crippen LogP contribution is -2.48. The summed E-state index contributed by atoms with van der Waals surface area (Å²) in [6, 6.07) is -0.399. The minimum atomic E-state index is -0.399. The number of carbonyl (C=O) groups excluding carboxylic acids is 2. The van der Waals surface area contributed by atoms with Crippen molar-refractivity contribution in [2.75, 3.05) is 6.54 Å². The van der Waals surface area contributed by atoms with Crippen molar-refractivity contribution in [2.24, 2.45) is 5.92 Å². The van der Waals surface area contributed by atoms with Crippen molar-refractivity contribution >= 4 is 23.2 Å². The van der Waals surface area contributed by atoms with Crippen LogP contribution in [0.15, 0.2) is 6.20 Å². The van der Waals surface area contributed by atoms with Crippen LogP contribution < -0.4 is 5.32 Å². The van der Waals surface area contributed by atoms with E-state index in [1.807, 2.05) is 27.0 Å². The van der Waals surface area contributed by atoms with Gasteiger partial charge in [-0.05, 0) is 12.8 Å². The van der Waals surface area contributed by atoms with Crippen LogP contribution in [-0.2, 0) is 16.1 Å². The van der Waals surface area contributed by atoms with Crippen LogP contribution in [0.5, 0.6) is 0 Å². The molecule has 2 amide bonds. The summed E-state index contributed by atoms with van der Waals surface area (Å²) in [6.07, 6.45) is 3.05. The normalized spacial score (nSPS) is 21.6. The Labute approximate surface area is 123 Å². The van der Waals surface area contributed by atoms with Gasteiger partial charge in [0.2, 0.25) is 11.8 Å². The molecule has 2 rings (SSSR count). The van der Waals surface area contributed by atoms with Crippen LogP contribution in [0.4, 0.5) is 0 Å². The van der Waals surface area contributed by atoms with Gasteiger partial charge < -0.3 is 10.2 Å². The van der Waals surface area contributed by atoms with Gasteiger partial charge in [0, 0.05) is 24.0 Å². The highest BCUT2D eigenvalue weighted by molar-refractivity contribution is 7.11. The molecule has 1 saturated heterocycles. The Morgan fingerprint density at radius 1 is 1.55 bits per heavy atom. The van der Waals surface area contributed by atoms with E-state index in [1.54, 1.807) is 16.2 Å². The molecule has 0 aromatic carbocycles. The average Bonchev–Trinajstić information content (AvgIpc) is 2.78. The molecule has 1 fully saturated rings. The number of hydrogen-bond acceptors (Lipinski definition) is 4. The number of rotatable bonds is 4. The fourth-order valence-corrected chi connectivity index (χ4v) is 3.11. The molecule has 0 spiro atoms. The highest BCUT2D eigenvalue weighted by Gasteiger charge is 2.33. The maximum atomic E-state index is 12.6. The van der Waals surface area contributed by atoms with Crippen molar-refractivity contribution in [3.05, 3.63) is 16.1 Å². The molecule has 0 radical (unpaired) electrons. The molecular formula is C14H21N3O2S. The number of nitrogens with one attached hydrogen (secondary N) is 1. The molecule has 5 nitrogen and oxygen atoms in total. The summed E-state index contributed by atoms with van der Waals surface area (Å²) in [5, 5.41) is 3.85. The predicted octanol–water partition coefficient (Wildman–Crippen LogP) is 1.71. The molecule has 1 aliphatic rings. The standard InChI is InChI=1S/C14H21N3O2S/c1-4-9(2)13-14(19)17(6-5-12(18)16-13)8-11-7-15-10(3)20-11/h7,9,13H,4-6,8H2,1-3H3,(H,16,18). The second-order valence-electron chi connectivity index (χ2n) is 5.29. The smallest absolute Gasteiger partial charge is 0.245 e. The van der Waals surface area contributed by atoms with Gasteiger partial charge in [-0.3, -0.25) is 9.59 Å². The molecule has 0 aliphatic carbocycles. The Morgan fingerprint density at radius 2 is 2.30 bits per heavy atom. The van der Waals surface area contributed by atoms with E-state index in [0.29, 0.717) is 19.5 Å². The quantitative estimate of drug-likeness (QED) is 0.920. The molecule has 1 aromatic heterocycles. The maximum Gasteiger partial charge on any atom is 0.245 e. The zero-order valence-electron chi connectivity index (χ0n) is 12.2. The number of hydrogen-bond donors (Lipinski definition) is 1. The number of nitrogens with zero attached hydrogens (tertiary/aromatic N) is 2. The Hall–Kier alpha value is -1.43. The second kappa shape index (κ2) is 6.35. The Kier molecular flexibility index (Phi) is 4.75. The molecule has 2 unspecified atom stereocenters. The van der Waals surface area contributed by atoms with E-state index in [4.69, 9.17) is 0 Å². The van der Waals surface area contributed by atoms with E-state index in [2.05, 4.69) is 10.3 Å². The maximum absolute atomic E-state index is 12.6. The number of amides is 2. The van der Waals surface area contributed by atoms with E-state index in [1.165, 1.54) is 0 Å². The number of thiazole rings is 1. The van der Waals surface area contributed by atoms with E-state index in [9.17, 15) is 9.59 Å². The lowest BCUT2D eigenvalue weighted by molar-refractivity contribution is -0.135. The van der Waals surface area contributed by atoms with E-state index in [0.717, 1.165) is 16.3 Å². The van der Waals surface area contributed by atoms with Gasteiger partial charge in [-0.2, -0.15) is 0 Å². The van der Waals surface area contributed by atoms with Gasteiger partial charge in [-0.25, -0.2) is 4.98 Å². The van der Waals surface area contributed by atoms with Crippen molar-refractivity contribution < 1.29 is 9.59 Å². The third kappa shape index (κ3) is 3.36. The zero-order valence-corrected chi connectivity index (χ0v) is 13.0. The zero-order chi connectivity index (χ0) is 14.7. The highest BCUT2D eigenvalue weighted by atomic mass is 32.1. The van der Waals surface area contributed by atoms with Crippen LogP contribution >= 0.6 is 11.3 Å². The molecule has 0 bridgehead atoms. The van der Waals surface area contributed by atoms with Gasteiger partial charge in [0.1, 0.15) is 6.04 Å². The summed E-state index contributed by atoms with van der Waals surface area (Å²) in [7, 11) is 0. The molecule has 1 N–H and O–H groups in total. The fraction of sp³-hybridized carbons (Fsp3) is 0.643. The fourth-order valence-electron chi connectivity index (χ4n) is 2.30. The molecule has 1 aromatic rings. The van der Waals surface area contributed by atoms with E-state index < -0.39 is 6.04 Å². The van der Waals surface area contributed by atoms with Crippen molar-refractivity contribution in [2.45, 2.75) is 46.2 Å². The van der Waals surface area contributed by atoms with Gasteiger partial charge in [-0.1, -0.05) is 20.3 Å². The van der Waals surface area contributed by atoms with Crippen LogP contribution in [0.1, 0.15) is 36.6 Å². The van der Waals surface area contributed by atoms with E-state index >= 15 is 0 Å². The summed E-state index contributed by atoms with van der Waals surface area (Å²) in [5.74, 6) is 0.137. The molecule has 0 saturated carbocycles. The minimum absolute atomic E-state index is 0.0243. The first kappa shape index (κ1) is 15.0. The molecule has 2 atom stereocenters. The van der Waals surface area contributed by atoms with Crippen LogP contribution in [0.25, 0.3) is 0 Å². The SMILES string of the molecule is CCC(C)C1NC(=O)CCN(Cc2cnc(C)s2)C1=O. The van der Waals surface area contributed by atoms with E-state index in [-0.39, 0.29) is 17.7 Å². The number of aromatic nitrogens is 1. The molecule has 1 aliphatic heterocycles. The van der Waals surface area contributed by atoms with Crippen LogP contribution in [0.3, 0.4) is 0 Å². The third-order valence-electron chi connectivity index (χ3n) is 3.73. The molecule has 2 heterocycles. The molecular weight excluding hydrogens is 274 g/mol. The minimum Gasteiger partial charge on any atom is -0.344 e. The number of aryl methyl sites for hydroxylation is 1. The Morgan fingerprint density at radius 3 is 2.90 bits per heavy atom. The predicted molar refractivity (Wildman–Crippen MR) is 78.3 cm³/mol. The largest absolute Gasteiger partial charge is 0.344 e. The van der Waals surface area contributed by atoms with Gasteiger partial charge >= 0.3 is 0 Å². The van der Waals surface area contributed by atoms with Gasteiger partial charge in [0.25, 0.3) is 0 Å². The monoisotopic (exact) mass is 295 g/mol. The van der Waals surface area contributed by atoms with Crippen molar-refractivity contribution in [1.82, 2.24) is 15.2 Å². The van der Waals surface area contributed by atoms with Crippen LogP contribution in [0, 0.1) is 12.8 Å². The van der Waals surface area contributed by atoms with Crippen molar-refractivity contribution in [3.63, 3.8) is 0 Å². The second-order valence-corrected chi connectivity index (χ2v) is 6.61. The Balaban J connectivity index is 2.14. The van der Waals surface area contributed by atoms with Gasteiger partial charge in [-0.15, -0.1) is 11.3 Å². The molecule has 6 heteroatoms. The summed E-state index contributed by atoms with van der Waals surface area (Å²) < 4.78 is 0. The molecule has 20 heavy (non-hydrogen) atoms. The lowest BCUT2D eigenvalue weighted by Gasteiger charge is -2.26. The van der Waals surface area contributed by atoms with Crippen LogP contribution in [0.2, 0.25) is 0 Å². The van der Waals surface area contributed by atoms with Crippen LogP contribution in [-0.4, -0.2) is 34.3 Å². The highest BCUT2D eigenvalue weighted by Crippen LogP contribution is 2.19. The Bertz CT molecular complexity index is 500. The average molecular weight is 295 g/mol. The summed E-state index contributed by atoms with van der Waals surface area (Å²) in [6.45, 7) is 7.02. The van der Waals surface area contributed by atoms with Gasteiger partial charge in [0.15, 0.2) is 0 Å². The summed E-state index contributed by atoms with van der Waals surface area (Å²) in [5.41, 5.74) is 0. The lowest BCUT2D eigenvalue weighted by atomic mass is 9.98. The first-order valence-corrected chi connectivity index (χ1v) is 7.82. The first-order chi connectivity index (χ1) is 9.51. The molecule has 110 valence electrons. The van der Waals surface area contributed by atoms with Crippen molar-refractivity contribution in [3.8, 4) is 0 Å². The van der Waals surface area contributed by atoms with Crippen molar-refractivity contribution in [1.29, 1.82) is 0 Å². The number of carbonyl (C=O) groups is 2. The van der Waals surface area contributed by atoms with Gasteiger partial charge in [0.05, 0.1) is 11.6 Å². The topological polar surface area (TPSA) is 62.3 Å². The summed E-state index contributed by atoms with van der Waals surface area (Å²) in [4.78, 5) is 31.4. The first-order valence-electron chi connectivity index (χ1n) is 7.00. The summed E-state index contributed by atoms with van der Waals surface area (Å²) >= 11 is 1.60. The third-order valence-corrected chi connectivity index (χ3v) is 4.63.